The lowest BCUT2D eigenvalue weighted by Gasteiger charge is -2.29. The zero-order valence-corrected chi connectivity index (χ0v) is 12.3. The van der Waals surface area contributed by atoms with Gasteiger partial charge in [-0.15, -0.1) is 0 Å². The summed E-state index contributed by atoms with van der Waals surface area (Å²) in [6, 6.07) is 6.38. The van der Waals surface area contributed by atoms with Crippen molar-refractivity contribution < 1.29 is 5.11 Å². The quantitative estimate of drug-likeness (QED) is 0.810. The largest absolute Gasteiger partial charge is 0.387 e. The summed E-state index contributed by atoms with van der Waals surface area (Å²) in [6.45, 7) is 11.6. The maximum atomic E-state index is 10.6. The Morgan fingerprint density at radius 3 is 2.39 bits per heavy atom. The minimum atomic E-state index is -0.433. The molecule has 2 atom stereocenters. The average Bonchev–Trinajstić information content (AvgIpc) is 2.28. The third-order valence-electron chi connectivity index (χ3n) is 3.43. The van der Waals surface area contributed by atoms with Gasteiger partial charge in [-0.2, -0.15) is 0 Å². The number of aliphatic hydroxyl groups excluding tert-OH is 1. The van der Waals surface area contributed by atoms with Crippen LogP contribution in [0.2, 0.25) is 0 Å². The van der Waals surface area contributed by atoms with E-state index in [0.717, 1.165) is 18.5 Å². The molecule has 0 aliphatic heterocycles. The highest BCUT2D eigenvalue weighted by molar-refractivity contribution is 5.32. The van der Waals surface area contributed by atoms with Crippen molar-refractivity contribution in [3.8, 4) is 0 Å². The number of hydrogen-bond acceptors (Lipinski definition) is 2. The van der Waals surface area contributed by atoms with Crippen molar-refractivity contribution in [1.29, 1.82) is 0 Å². The summed E-state index contributed by atoms with van der Waals surface area (Å²) < 4.78 is 0. The van der Waals surface area contributed by atoms with Gasteiger partial charge in [0.25, 0.3) is 0 Å². The van der Waals surface area contributed by atoms with E-state index in [9.17, 15) is 5.11 Å². The van der Waals surface area contributed by atoms with Crippen molar-refractivity contribution in [3.05, 3.63) is 34.9 Å². The number of hydrogen-bond donors (Lipinski definition) is 2. The van der Waals surface area contributed by atoms with E-state index in [2.05, 4.69) is 58.1 Å². The summed E-state index contributed by atoms with van der Waals surface area (Å²) in [4.78, 5) is 0. The molecule has 0 bridgehead atoms. The summed E-state index contributed by atoms with van der Waals surface area (Å²) in [5.74, 6) is 0.409. The lowest BCUT2D eigenvalue weighted by Crippen LogP contribution is -2.39. The number of aryl methyl sites for hydroxylation is 2. The first-order valence-electron chi connectivity index (χ1n) is 6.96. The molecule has 0 radical (unpaired) electrons. The molecule has 0 aromatic heterocycles. The second-order valence-electron chi connectivity index (χ2n) is 5.53. The van der Waals surface area contributed by atoms with E-state index in [1.54, 1.807) is 0 Å². The van der Waals surface area contributed by atoms with Crippen molar-refractivity contribution in [2.24, 2.45) is 5.92 Å². The van der Waals surface area contributed by atoms with Crippen LogP contribution in [0.25, 0.3) is 0 Å². The molecule has 0 fully saturated rings. The Balaban J connectivity index is 2.90. The fourth-order valence-corrected chi connectivity index (χ4v) is 2.37. The topological polar surface area (TPSA) is 32.3 Å². The van der Waals surface area contributed by atoms with Gasteiger partial charge in [-0.05, 0) is 43.9 Å². The van der Waals surface area contributed by atoms with Crippen LogP contribution in [-0.2, 0) is 0 Å². The lowest BCUT2D eigenvalue weighted by atomic mass is 9.90. The highest BCUT2D eigenvalue weighted by Gasteiger charge is 2.24. The SMILES string of the molecule is CCCNC(C(C)C)C(O)c1ccc(C)cc1C. The molecule has 2 nitrogen and oxygen atoms in total. The van der Waals surface area contributed by atoms with E-state index in [0.29, 0.717) is 5.92 Å². The fraction of sp³-hybridized carbons (Fsp3) is 0.625. The van der Waals surface area contributed by atoms with Crippen molar-refractivity contribution in [2.75, 3.05) is 6.54 Å². The maximum Gasteiger partial charge on any atom is 0.0948 e. The molecular weight excluding hydrogens is 222 g/mol. The van der Waals surface area contributed by atoms with E-state index < -0.39 is 6.10 Å². The fourth-order valence-electron chi connectivity index (χ4n) is 2.37. The van der Waals surface area contributed by atoms with Crippen molar-refractivity contribution in [2.45, 2.75) is 53.2 Å². The molecule has 0 saturated heterocycles. The van der Waals surface area contributed by atoms with Crippen LogP contribution in [0.15, 0.2) is 18.2 Å². The monoisotopic (exact) mass is 249 g/mol. The zero-order chi connectivity index (χ0) is 13.7. The van der Waals surface area contributed by atoms with Gasteiger partial charge in [-0.25, -0.2) is 0 Å². The number of aliphatic hydroxyl groups is 1. The van der Waals surface area contributed by atoms with Crippen LogP contribution in [0.1, 0.15) is 50.0 Å². The van der Waals surface area contributed by atoms with Crippen LogP contribution < -0.4 is 5.32 Å². The van der Waals surface area contributed by atoms with Crippen LogP contribution >= 0.6 is 0 Å². The molecule has 0 amide bonds. The smallest absolute Gasteiger partial charge is 0.0948 e. The van der Waals surface area contributed by atoms with Gasteiger partial charge in [0.2, 0.25) is 0 Å². The Bertz CT molecular complexity index is 373. The molecule has 0 spiro atoms. The van der Waals surface area contributed by atoms with Gasteiger partial charge in [0.15, 0.2) is 0 Å². The van der Waals surface area contributed by atoms with Crippen molar-refractivity contribution in [1.82, 2.24) is 5.32 Å². The van der Waals surface area contributed by atoms with Gasteiger partial charge < -0.3 is 10.4 Å². The first kappa shape index (κ1) is 15.2. The predicted molar refractivity (Wildman–Crippen MR) is 77.8 cm³/mol. The van der Waals surface area contributed by atoms with Crippen LogP contribution in [0, 0.1) is 19.8 Å². The van der Waals surface area contributed by atoms with Crippen LogP contribution in [-0.4, -0.2) is 17.7 Å². The van der Waals surface area contributed by atoms with Gasteiger partial charge in [-0.3, -0.25) is 0 Å². The minimum absolute atomic E-state index is 0.117. The highest BCUT2D eigenvalue weighted by Crippen LogP contribution is 2.25. The van der Waals surface area contributed by atoms with Gasteiger partial charge in [0.1, 0.15) is 0 Å². The first-order valence-corrected chi connectivity index (χ1v) is 6.96. The molecule has 2 heteroatoms. The van der Waals surface area contributed by atoms with Crippen LogP contribution in [0.3, 0.4) is 0 Å². The second-order valence-corrected chi connectivity index (χ2v) is 5.53. The molecule has 18 heavy (non-hydrogen) atoms. The molecule has 0 heterocycles. The second kappa shape index (κ2) is 6.91. The van der Waals surface area contributed by atoms with Gasteiger partial charge in [-0.1, -0.05) is 44.5 Å². The van der Waals surface area contributed by atoms with E-state index in [-0.39, 0.29) is 6.04 Å². The van der Waals surface area contributed by atoms with Crippen molar-refractivity contribution >= 4 is 0 Å². The molecule has 1 aromatic carbocycles. The van der Waals surface area contributed by atoms with E-state index in [4.69, 9.17) is 0 Å². The summed E-state index contributed by atoms with van der Waals surface area (Å²) >= 11 is 0. The molecule has 2 unspecified atom stereocenters. The van der Waals surface area contributed by atoms with Crippen molar-refractivity contribution in [3.63, 3.8) is 0 Å². The molecule has 102 valence electrons. The van der Waals surface area contributed by atoms with Gasteiger partial charge in [0.05, 0.1) is 6.10 Å². The molecular formula is C16H27NO. The van der Waals surface area contributed by atoms with Gasteiger partial charge >= 0.3 is 0 Å². The Morgan fingerprint density at radius 2 is 1.89 bits per heavy atom. The number of benzene rings is 1. The van der Waals surface area contributed by atoms with Crippen LogP contribution in [0.5, 0.6) is 0 Å². The highest BCUT2D eigenvalue weighted by atomic mass is 16.3. The standard InChI is InChI=1S/C16H27NO/c1-6-9-17-15(11(2)3)16(18)14-8-7-12(4)10-13(14)5/h7-8,10-11,15-18H,6,9H2,1-5H3. The normalized spacial score (nSPS) is 14.8. The Morgan fingerprint density at radius 1 is 1.22 bits per heavy atom. The summed E-state index contributed by atoms with van der Waals surface area (Å²) in [5.41, 5.74) is 3.46. The Labute approximate surface area is 111 Å². The number of rotatable bonds is 6. The number of nitrogens with one attached hydrogen (secondary N) is 1. The summed E-state index contributed by atoms with van der Waals surface area (Å²) in [6.07, 6.45) is 0.653. The molecule has 0 aliphatic rings. The van der Waals surface area contributed by atoms with E-state index >= 15 is 0 Å². The Kier molecular flexibility index (Phi) is 5.83. The third kappa shape index (κ3) is 3.82. The molecule has 2 N–H and O–H groups in total. The zero-order valence-electron chi connectivity index (χ0n) is 12.3. The molecule has 1 rings (SSSR count). The molecule has 0 saturated carbocycles. The van der Waals surface area contributed by atoms with E-state index in [1.165, 1.54) is 11.1 Å². The summed E-state index contributed by atoms with van der Waals surface area (Å²) in [7, 11) is 0. The van der Waals surface area contributed by atoms with E-state index in [1.807, 2.05) is 0 Å². The minimum Gasteiger partial charge on any atom is -0.387 e. The Hall–Kier alpha value is -0.860. The summed E-state index contributed by atoms with van der Waals surface area (Å²) in [5, 5.41) is 14.0. The molecule has 1 aromatic rings. The third-order valence-corrected chi connectivity index (χ3v) is 3.43. The van der Waals surface area contributed by atoms with Crippen LogP contribution in [0.4, 0.5) is 0 Å². The predicted octanol–water partition coefficient (Wildman–Crippen LogP) is 3.36. The molecule has 0 aliphatic carbocycles. The first-order chi connectivity index (χ1) is 8.47. The van der Waals surface area contributed by atoms with Gasteiger partial charge in [0, 0.05) is 6.04 Å². The average molecular weight is 249 g/mol. The lowest BCUT2D eigenvalue weighted by molar-refractivity contribution is 0.105. The maximum absolute atomic E-state index is 10.6.